The van der Waals surface area contributed by atoms with Crippen LogP contribution >= 0.6 is 0 Å². The number of hydrogen-bond donors (Lipinski definition) is 3. The van der Waals surface area contributed by atoms with E-state index in [-0.39, 0.29) is 30.0 Å². The van der Waals surface area contributed by atoms with Crippen LogP contribution in [0.15, 0.2) is 30.3 Å². The lowest BCUT2D eigenvalue weighted by atomic mass is 9.89. The van der Waals surface area contributed by atoms with E-state index in [0.717, 1.165) is 5.56 Å². The Bertz CT molecular complexity index is 452. The molecule has 0 bridgehead atoms. The highest BCUT2D eigenvalue weighted by Crippen LogP contribution is 2.21. The number of hydrogen-bond acceptors (Lipinski definition) is 5. The van der Waals surface area contributed by atoms with Gasteiger partial charge in [-0.3, -0.25) is 4.79 Å². The van der Waals surface area contributed by atoms with Gasteiger partial charge in [-0.05, 0) is 23.9 Å². The molecule has 0 aromatic heterocycles. The molecule has 138 valence electrons. The van der Waals surface area contributed by atoms with E-state index >= 15 is 0 Å². The van der Waals surface area contributed by atoms with Crippen molar-refractivity contribution in [3.8, 4) is 0 Å². The number of aliphatic hydroxyl groups is 2. The van der Waals surface area contributed by atoms with Gasteiger partial charge in [0, 0.05) is 25.0 Å². The van der Waals surface area contributed by atoms with Gasteiger partial charge in [-0.15, -0.1) is 0 Å². The molecular formula is C19H33NO4. The molecule has 0 heterocycles. The average Bonchev–Trinajstić information content (AvgIpc) is 2.59. The Kier molecular flexibility index (Phi) is 10.5. The maximum absolute atomic E-state index is 11.5. The van der Waals surface area contributed by atoms with E-state index < -0.39 is 0 Å². The molecule has 1 aromatic rings. The summed E-state index contributed by atoms with van der Waals surface area (Å²) in [6.45, 7) is 8.82. The number of ether oxygens (including phenoxy) is 1. The van der Waals surface area contributed by atoms with Gasteiger partial charge in [-0.25, -0.2) is 0 Å². The maximum Gasteiger partial charge on any atom is 0.306 e. The summed E-state index contributed by atoms with van der Waals surface area (Å²) in [6.07, 6.45) is 0.984. The fourth-order valence-electron chi connectivity index (χ4n) is 1.39. The third-order valence-corrected chi connectivity index (χ3v) is 3.66. The Morgan fingerprint density at radius 1 is 1.04 bits per heavy atom. The van der Waals surface area contributed by atoms with Crippen molar-refractivity contribution < 1.29 is 19.7 Å². The summed E-state index contributed by atoms with van der Waals surface area (Å²) in [7, 11) is 0. The fraction of sp³-hybridized carbons (Fsp3) is 0.632. The average molecular weight is 339 g/mol. The van der Waals surface area contributed by atoms with E-state index in [9.17, 15) is 4.79 Å². The number of benzene rings is 1. The van der Waals surface area contributed by atoms with Gasteiger partial charge in [0.05, 0.1) is 0 Å². The minimum atomic E-state index is -0.217. The highest BCUT2D eigenvalue weighted by molar-refractivity contribution is 5.69. The van der Waals surface area contributed by atoms with Crippen molar-refractivity contribution in [3.63, 3.8) is 0 Å². The van der Waals surface area contributed by atoms with E-state index in [4.69, 9.17) is 20.7 Å². The number of esters is 1. The van der Waals surface area contributed by atoms with Gasteiger partial charge in [0.15, 0.2) is 0 Å². The van der Waals surface area contributed by atoms with Crippen LogP contribution in [0.5, 0.6) is 0 Å². The van der Waals surface area contributed by atoms with Crippen LogP contribution in [0.3, 0.4) is 0 Å². The van der Waals surface area contributed by atoms with Crippen molar-refractivity contribution in [3.05, 3.63) is 35.9 Å². The summed E-state index contributed by atoms with van der Waals surface area (Å²) in [5.74, 6) is -0.213. The first-order valence-electron chi connectivity index (χ1n) is 8.27. The first kappa shape index (κ1) is 22.6. The number of carbonyl (C=O) groups is 1. The molecule has 1 rings (SSSR count). The van der Waals surface area contributed by atoms with Crippen LogP contribution in [0.2, 0.25) is 0 Å². The minimum Gasteiger partial charge on any atom is -0.461 e. The highest BCUT2D eigenvalue weighted by atomic mass is 16.5. The monoisotopic (exact) mass is 339 g/mol. The Morgan fingerprint density at radius 2 is 1.58 bits per heavy atom. The van der Waals surface area contributed by atoms with Crippen LogP contribution in [0, 0.1) is 10.8 Å². The molecule has 0 spiro atoms. The zero-order chi connectivity index (χ0) is 18.6. The second kappa shape index (κ2) is 11.2. The quantitative estimate of drug-likeness (QED) is 0.633. The lowest BCUT2D eigenvalue weighted by Crippen LogP contribution is -2.26. The zero-order valence-corrected chi connectivity index (χ0v) is 15.4. The van der Waals surface area contributed by atoms with Crippen LogP contribution < -0.4 is 5.73 Å². The van der Waals surface area contributed by atoms with Crippen molar-refractivity contribution in [2.24, 2.45) is 16.6 Å². The van der Waals surface area contributed by atoms with Gasteiger partial charge in [0.2, 0.25) is 0 Å². The number of carbonyl (C=O) groups excluding carboxylic acids is 1. The lowest BCUT2D eigenvalue weighted by Gasteiger charge is -2.20. The molecular weight excluding hydrogens is 306 g/mol. The normalized spacial score (nSPS) is 11.5. The first-order chi connectivity index (χ1) is 11.2. The predicted molar refractivity (Wildman–Crippen MR) is 96.3 cm³/mol. The van der Waals surface area contributed by atoms with Crippen LogP contribution in [0.1, 0.15) is 46.1 Å². The summed E-state index contributed by atoms with van der Waals surface area (Å²) in [6, 6.07) is 9.60. The van der Waals surface area contributed by atoms with Gasteiger partial charge in [-0.1, -0.05) is 58.0 Å². The second-order valence-electron chi connectivity index (χ2n) is 7.50. The van der Waals surface area contributed by atoms with Gasteiger partial charge in [0.1, 0.15) is 6.61 Å². The minimum absolute atomic E-state index is 0.0823. The molecule has 0 aliphatic carbocycles. The molecule has 0 radical (unpaired) electrons. The molecule has 0 amide bonds. The summed E-state index contributed by atoms with van der Waals surface area (Å²) in [4.78, 5) is 11.5. The topological polar surface area (TPSA) is 92.8 Å². The molecule has 0 fully saturated rings. The van der Waals surface area contributed by atoms with Crippen molar-refractivity contribution >= 4 is 5.97 Å². The van der Waals surface area contributed by atoms with Crippen LogP contribution in [-0.2, 0) is 16.1 Å². The van der Waals surface area contributed by atoms with E-state index in [1.165, 1.54) is 0 Å². The number of aliphatic hydroxyl groups excluding tert-OH is 2. The molecule has 0 saturated heterocycles. The Balaban J connectivity index is 0.000000640. The van der Waals surface area contributed by atoms with E-state index in [2.05, 4.69) is 0 Å². The van der Waals surface area contributed by atoms with E-state index in [0.29, 0.717) is 26.0 Å². The van der Waals surface area contributed by atoms with Crippen molar-refractivity contribution in [2.75, 3.05) is 19.8 Å². The Morgan fingerprint density at radius 3 is 2.00 bits per heavy atom. The maximum atomic E-state index is 11.5. The SMILES string of the molecule is CC(C)(CN)CO.CC(C)(CO)CCC(=O)OCc1ccccc1. The number of rotatable bonds is 8. The van der Waals surface area contributed by atoms with Crippen LogP contribution in [0.25, 0.3) is 0 Å². The largest absolute Gasteiger partial charge is 0.461 e. The number of nitrogens with two attached hydrogens (primary N) is 1. The smallest absolute Gasteiger partial charge is 0.306 e. The Hall–Kier alpha value is -1.43. The predicted octanol–water partition coefficient (Wildman–Crippen LogP) is 2.49. The standard InChI is InChI=1S/C14H20O3.C5H13NO/c1-14(2,11-15)9-8-13(16)17-10-12-6-4-3-5-7-12;1-5(2,3-6)4-7/h3-7,15H,8-11H2,1-2H3;7H,3-4,6H2,1-2H3. The molecule has 0 unspecified atom stereocenters. The van der Waals surface area contributed by atoms with Crippen molar-refractivity contribution in [1.29, 1.82) is 0 Å². The Labute approximate surface area is 145 Å². The molecule has 1 aromatic carbocycles. The van der Waals surface area contributed by atoms with Crippen LogP contribution in [-0.4, -0.2) is 35.9 Å². The second-order valence-corrected chi connectivity index (χ2v) is 7.50. The summed E-state index contributed by atoms with van der Waals surface area (Å²) < 4.78 is 5.15. The molecule has 0 atom stereocenters. The van der Waals surface area contributed by atoms with E-state index in [1.807, 2.05) is 58.0 Å². The van der Waals surface area contributed by atoms with Gasteiger partial charge >= 0.3 is 5.97 Å². The van der Waals surface area contributed by atoms with Crippen LogP contribution in [0.4, 0.5) is 0 Å². The van der Waals surface area contributed by atoms with Gasteiger partial charge < -0.3 is 20.7 Å². The fourth-order valence-corrected chi connectivity index (χ4v) is 1.39. The zero-order valence-electron chi connectivity index (χ0n) is 15.4. The summed E-state index contributed by atoms with van der Waals surface area (Å²) in [5, 5.41) is 17.6. The lowest BCUT2D eigenvalue weighted by molar-refractivity contribution is -0.145. The third kappa shape index (κ3) is 11.2. The molecule has 4 N–H and O–H groups in total. The molecule has 0 aliphatic heterocycles. The molecule has 0 aliphatic rings. The third-order valence-electron chi connectivity index (χ3n) is 3.66. The van der Waals surface area contributed by atoms with Crippen molar-refractivity contribution in [2.45, 2.75) is 47.1 Å². The van der Waals surface area contributed by atoms with Gasteiger partial charge in [0.25, 0.3) is 0 Å². The first-order valence-corrected chi connectivity index (χ1v) is 8.27. The highest BCUT2D eigenvalue weighted by Gasteiger charge is 2.18. The summed E-state index contributed by atoms with van der Waals surface area (Å²) in [5.41, 5.74) is 5.95. The van der Waals surface area contributed by atoms with E-state index in [1.54, 1.807) is 0 Å². The molecule has 0 saturated carbocycles. The summed E-state index contributed by atoms with van der Waals surface area (Å²) >= 11 is 0. The van der Waals surface area contributed by atoms with Crippen molar-refractivity contribution in [1.82, 2.24) is 0 Å². The molecule has 5 nitrogen and oxygen atoms in total. The van der Waals surface area contributed by atoms with Gasteiger partial charge in [-0.2, -0.15) is 0 Å². The molecule has 5 heteroatoms. The molecule has 24 heavy (non-hydrogen) atoms.